The topological polar surface area (TPSA) is 81.4 Å². The molecule has 0 radical (unpaired) electrons. The van der Waals surface area contributed by atoms with Crippen molar-refractivity contribution < 1.29 is 21.9 Å². The number of nitrogen functional groups attached to an aromatic ring is 1. The van der Waals surface area contributed by atoms with Gasteiger partial charge < -0.3 is 10.5 Å². The van der Waals surface area contributed by atoms with Gasteiger partial charge in [0.2, 0.25) is 10.0 Å². The number of nitrogens with two attached hydrogens (primary N) is 1. The minimum absolute atomic E-state index is 0.0640. The SMILES string of the molecule is COCCC(C)(C)CNS(=O)(=O)c1cc(N)cc(F)c1F. The number of benzene rings is 1. The van der Waals surface area contributed by atoms with Crippen LogP contribution >= 0.6 is 0 Å². The van der Waals surface area contributed by atoms with E-state index in [2.05, 4.69) is 4.72 Å². The highest BCUT2D eigenvalue weighted by Crippen LogP contribution is 2.23. The van der Waals surface area contributed by atoms with Gasteiger partial charge in [-0.05, 0) is 24.0 Å². The van der Waals surface area contributed by atoms with Gasteiger partial charge in [-0.15, -0.1) is 0 Å². The van der Waals surface area contributed by atoms with Gasteiger partial charge in [0.1, 0.15) is 4.90 Å². The molecule has 0 aliphatic rings. The molecule has 0 spiro atoms. The zero-order valence-electron chi connectivity index (χ0n) is 12.2. The van der Waals surface area contributed by atoms with Crippen LogP contribution in [-0.4, -0.2) is 28.7 Å². The second kappa shape index (κ2) is 6.67. The summed E-state index contributed by atoms with van der Waals surface area (Å²) < 4.78 is 58.2. The Morgan fingerprint density at radius 2 is 1.95 bits per heavy atom. The minimum Gasteiger partial charge on any atom is -0.399 e. The number of anilines is 1. The molecule has 0 saturated heterocycles. The number of ether oxygens (including phenoxy) is 1. The summed E-state index contributed by atoms with van der Waals surface area (Å²) in [5.74, 6) is -2.74. The first-order chi connectivity index (χ1) is 9.59. The van der Waals surface area contributed by atoms with Crippen molar-refractivity contribution in [3.05, 3.63) is 23.8 Å². The molecule has 0 fully saturated rings. The van der Waals surface area contributed by atoms with Crippen molar-refractivity contribution in [1.82, 2.24) is 4.72 Å². The number of hydrogen-bond donors (Lipinski definition) is 2. The first kappa shape index (κ1) is 17.8. The molecule has 0 amide bonds. The largest absolute Gasteiger partial charge is 0.399 e. The Hall–Kier alpha value is -1.25. The van der Waals surface area contributed by atoms with E-state index in [0.29, 0.717) is 13.0 Å². The third-order valence-corrected chi connectivity index (χ3v) is 4.43. The van der Waals surface area contributed by atoms with Crippen LogP contribution in [0.2, 0.25) is 0 Å². The average molecular weight is 322 g/mol. The highest BCUT2D eigenvalue weighted by atomic mass is 32.2. The summed E-state index contributed by atoms with van der Waals surface area (Å²) >= 11 is 0. The third kappa shape index (κ3) is 4.90. The number of hydrogen-bond acceptors (Lipinski definition) is 4. The molecule has 1 aromatic carbocycles. The van der Waals surface area contributed by atoms with E-state index < -0.39 is 32.0 Å². The Labute approximate surface area is 123 Å². The lowest BCUT2D eigenvalue weighted by atomic mass is 9.90. The van der Waals surface area contributed by atoms with E-state index in [9.17, 15) is 17.2 Å². The first-order valence-corrected chi connectivity index (χ1v) is 7.80. The standard InChI is InChI=1S/C13H20F2N2O3S/c1-13(2,4-5-20-3)8-17-21(18,19)11-7-9(16)6-10(14)12(11)15/h6-7,17H,4-5,8,16H2,1-3H3. The van der Waals surface area contributed by atoms with Gasteiger partial charge in [-0.2, -0.15) is 0 Å². The molecule has 0 atom stereocenters. The fraction of sp³-hybridized carbons (Fsp3) is 0.538. The van der Waals surface area contributed by atoms with Gasteiger partial charge in [0.05, 0.1) is 0 Å². The Bertz CT molecular complexity index is 604. The predicted molar refractivity (Wildman–Crippen MR) is 76.2 cm³/mol. The van der Waals surface area contributed by atoms with Crippen LogP contribution < -0.4 is 10.5 Å². The van der Waals surface area contributed by atoms with Gasteiger partial charge >= 0.3 is 0 Å². The molecule has 3 N–H and O–H groups in total. The highest BCUT2D eigenvalue weighted by Gasteiger charge is 2.26. The summed E-state index contributed by atoms with van der Waals surface area (Å²) in [4.78, 5) is -0.789. The summed E-state index contributed by atoms with van der Waals surface area (Å²) in [6.07, 6.45) is 0.611. The average Bonchev–Trinajstić information content (AvgIpc) is 2.38. The normalized spacial score (nSPS) is 12.6. The molecule has 0 unspecified atom stereocenters. The van der Waals surface area contributed by atoms with Crippen molar-refractivity contribution in [1.29, 1.82) is 0 Å². The number of halogens is 2. The first-order valence-electron chi connectivity index (χ1n) is 6.32. The molecule has 0 aromatic heterocycles. The quantitative estimate of drug-likeness (QED) is 0.751. The molecule has 120 valence electrons. The lowest BCUT2D eigenvalue weighted by Gasteiger charge is -2.24. The number of methoxy groups -OCH3 is 1. The van der Waals surface area contributed by atoms with Crippen molar-refractivity contribution in [2.75, 3.05) is 26.0 Å². The van der Waals surface area contributed by atoms with E-state index in [4.69, 9.17) is 10.5 Å². The minimum atomic E-state index is -4.18. The van der Waals surface area contributed by atoms with Gasteiger partial charge in [-0.25, -0.2) is 21.9 Å². The maximum absolute atomic E-state index is 13.6. The van der Waals surface area contributed by atoms with Crippen molar-refractivity contribution in [2.24, 2.45) is 5.41 Å². The van der Waals surface area contributed by atoms with Crippen molar-refractivity contribution in [2.45, 2.75) is 25.2 Å². The van der Waals surface area contributed by atoms with Crippen LogP contribution in [0.3, 0.4) is 0 Å². The highest BCUT2D eigenvalue weighted by molar-refractivity contribution is 7.89. The number of sulfonamides is 1. The molecule has 1 rings (SSSR count). The Balaban J connectivity index is 2.93. The molecule has 0 heterocycles. The molecule has 0 aliphatic carbocycles. The maximum Gasteiger partial charge on any atom is 0.243 e. The van der Waals surface area contributed by atoms with Crippen LogP contribution in [0.1, 0.15) is 20.3 Å². The third-order valence-electron chi connectivity index (χ3n) is 3.03. The fourth-order valence-electron chi connectivity index (χ4n) is 1.61. The lowest BCUT2D eigenvalue weighted by Crippen LogP contribution is -2.35. The van der Waals surface area contributed by atoms with Gasteiger partial charge in [0.15, 0.2) is 11.6 Å². The van der Waals surface area contributed by atoms with Gasteiger partial charge in [0, 0.05) is 25.9 Å². The lowest BCUT2D eigenvalue weighted by molar-refractivity contribution is 0.153. The summed E-state index contributed by atoms with van der Waals surface area (Å²) in [5, 5.41) is 0. The summed E-state index contributed by atoms with van der Waals surface area (Å²) in [6.45, 7) is 4.21. The molecule has 8 heteroatoms. The monoisotopic (exact) mass is 322 g/mol. The zero-order chi connectivity index (χ0) is 16.3. The van der Waals surface area contributed by atoms with Gasteiger partial charge in [-0.1, -0.05) is 13.8 Å². The van der Waals surface area contributed by atoms with E-state index >= 15 is 0 Å². The Kier molecular flexibility index (Phi) is 5.66. The van der Waals surface area contributed by atoms with E-state index in [1.54, 1.807) is 7.11 Å². The van der Waals surface area contributed by atoms with Crippen molar-refractivity contribution >= 4 is 15.7 Å². The maximum atomic E-state index is 13.6. The summed E-state index contributed by atoms with van der Waals surface area (Å²) in [6, 6.07) is 1.62. The Morgan fingerprint density at radius 1 is 1.33 bits per heavy atom. The van der Waals surface area contributed by atoms with Gasteiger partial charge in [0.25, 0.3) is 0 Å². The van der Waals surface area contributed by atoms with E-state index in [-0.39, 0.29) is 12.2 Å². The van der Waals surface area contributed by atoms with Crippen molar-refractivity contribution in [3.8, 4) is 0 Å². The molecule has 1 aromatic rings. The number of nitrogens with one attached hydrogen (secondary N) is 1. The van der Waals surface area contributed by atoms with Crippen LogP contribution in [0, 0.1) is 17.0 Å². The second-order valence-corrected chi connectivity index (χ2v) is 7.28. The van der Waals surface area contributed by atoms with Crippen LogP contribution in [0.5, 0.6) is 0 Å². The molecule has 0 saturated carbocycles. The smallest absolute Gasteiger partial charge is 0.243 e. The second-order valence-electron chi connectivity index (χ2n) is 5.55. The molecular weight excluding hydrogens is 302 g/mol. The van der Waals surface area contributed by atoms with Crippen LogP contribution in [0.15, 0.2) is 17.0 Å². The van der Waals surface area contributed by atoms with E-state index in [1.807, 2.05) is 13.8 Å². The molecule has 21 heavy (non-hydrogen) atoms. The van der Waals surface area contributed by atoms with E-state index in [0.717, 1.165) is 12.1 Å². The molecule has 0 aliphatic heterocycles. The molecule has 0 bridgehead atoms. The molecule has 5 nitrogen and oxygen atoms in total. The molecular formula is C13H20F2N2O3S. The summed E-state index contributed by atoms with van der Waals surface area (Å²) in [5.41, 5.74) is 4.81. The fourth-order valence-corrected chi connectivity index (χ4v) is 2.98. The summed E-state index contributed by atoms with van der Waals surface area (Å²) in [7, 11) is -2.63. The van der Waals surface area contributed by atoms with Gasteiger partial charge in [-0.3, -0.25) is 0 Å². The van der Waals surface area contributed by atoms with Crippen LogP contribution in [0.25, 0.3) is 0 Å². The van der Waals surface area contributed by atoms with Crippen molar-refractivity contribution in [3.63, 3.8) is 0 Å². The van der Waals surface area contributed by atoms with Crippen LogP contribution in [0.4, 0.5) is 14.5 Å². The van der Waals surface area contributed by atoms with E-state index in [1.165, 1.54) is 0 Å². The van der Waals surface area contributed by atoms with Crippen LogP contribution in [-0.2, 0) is 14.8 Å². The zero-order valence-corrected chi connectivity index (χ0v) is 13.1. The Morgan fingerprint density at radius 3 is 2.52 bits per heavy atom. The predicted octanol–water partition coefficient (Wildman–Crippen LogP) is 1.89. The number of rotatable bonds is 7.